The number of nitrogens with zero attached hydrogens (tertiary/aromatic N) is 6. The molecule has 0 saturated carbocycles. The van der Waals surface area contributed by atoms with Crippen LogP contribution in [0.4, 0.5) is 11.6 Å². The maximum Gasteiger partial charge on any atom is 0.339 e. The number of halogens is 1. The second kappa shape index (κ2) is 9.30. The van der Waals surface area contributed by atoms with Crippen LogP contribution in [-0.2, 0) is 11.8 Å². The van der Waals surface area contributed by atoms with Gasteiger partial charge in [-0.25, -0.2) is 19.7 Å². The number of ether oxygens (including phenoxy) is 1. The molecule has 0 aliphatic carbocycles. The van der Waals surface area contributed by atoms with Crippen molar-refractivity contribution in [3.8, 4) is 11.5 Å². The van der Waals surface area contributed by atoms with Crippen LogP contribution in [0, 0.1) is 0 Å². The van der Waals surface area contributed by atoms with E-state index in [1.165, 1.54) is 0 Å². The van der Waals surface area contributed by atoms with Gasteiger partial charge in [-0.05, 0) is 43.3 Å². The zero-order valence-corrected chi connectivity index (χ0v) is 19.9. The zero-order chi connectivity index (χ0) is 23.7. The fourth-order valence-corrected chi connectivity index (χ4v) is 4.38. The van der Waals surface area contributed by atoms with Crippen LogP contribution >= 0.6 is 11.6 Å². The van der Waals surface area contributed by atoms with Gasteiger partial charge in [0.15, 0.2) is 5.82 Å². The Morgan fingerprint density at radius 3 is 2.35 bits per heavy atom. The number of para-hydroxylation sites is 2. The Hall–Kier alpha value is -3.65. The predicted molar refractivity (Wildman–Crippen MR) is 134 cm³/mol. The van der Waals surface area contributed by atoms with Crippen LogP contribution < -0.4 is 9.80 Å². The van der Waals surface area contributed by atoms with Gasteiger partial charge in [0, 0.05) is 39.4 Å². The Bertz CT molecular complexity index is 1330. The Morgan fingerprint density at radius 1 is 0.971 bits per heavy atom. The largest absolute Gasteiger partial charge is 0.462 e. The number of aromatic nitrogens is 4. The number of carbonyl (C=O) groups excluding carboxylic acids is 1. The number of piperazine rings is 1. The van der Waals surface area contributed by atoms with Crippen LogP contribution in [0.2, 0.25) is 5.02 Å². The number of hydrogen-bond donors (Lipinski definition) is 0. The van der Waals surface area contributed by atoms with Crippen molar-refractivity contribution in [2.75, 3.05) is 42.6 Å². The second-order valence-corrected chi connectivity index (χ2v) is 8.49. The minimum absolute atomic E-state index is 0.347. The first kappa shape index (κ1) is 22.2. The molecule has 0 atom stereocenters. The number of hydrogen-bond acceptors (Lipinski definition) is 7. The van der Waals surface area contributed by atoms with Crippen molar-refractivity contribution in [1.82, 2.24) is 19.5 Å². The van der Waals surface area contributed by atoms with Crippen LogP contribution in [0.3, 0.4) is 0 Å². The van der Waals surface area contributed by atoms with Crippen molar-refractivity contribution in [2.24, 2.45) is 7.05 Å². The van der Waals surface area contributed by atoms with E-state index < -0.39 is 0 Å². The summed E-state index contributed by atoms with van der Waals surface area (Å²) in [6.45, 7) is 5.29. The number of fused-ring (bicyclic) bond motifs is 1. The maximum absolute atomic E-state index is 11.9. The summed E-state index contributed by atoms with van der Waals surface area (Å²) in [5.74, 6) is 2.11. The first-order valence-corrected chi connectivity index (χ1v) is 11.6. The van der Waals surface area contributed by atoms with Gasteiger partial charge in [0.05, 0.1) is 28.2 Å². The molecule has 0 amide bonds. The normalized spacial score (nSPS) is 14.0. The van der Waals surface area contributed by atoms with Crippen molar-refractivity contribution in [3.63, 3.8) is 0 Å². The van der Waals surface area contributed by atoms with E-state index in [1.807, 2.05) is 54.1 Å². The Morgan fingerprint density at radius 2 is 1.68 bits per heavy atom. The van der Waals surface area contributed by atoms with Gasteiger partial charge in [0.2, 0.25) is 0 Å². The highest BCUT2D eigenvalue weighted by Gasteiger charge is 2.22. The third kappa shape index (κ3) is 4.17. The highest BCUT2D eigenvalue weighted by atomic mass is 35.5. The Kier molecular flexibility index (Phi) is 6.06. The minimum atomic E-state index is -0.350. The van der Waals surface area contributed by atoms with Crippen molar-refractivity contribution < 1.29 is 9.53 Å². The van der Waals surface area contributed by atoms with Gasteiger partial charge in [-0.3, -0.25) is 0 Å². The fourth-order valence-electron chi connectivity index (χ4n) is 4.20. The molecule has 1 fully saturated rings. The minimum Gasteiger partial charge on any atom is -0.462 e. The summed E-state index contributed by atoms with van der Waals surface area (Å²) >= 11 is 6.54. The smallest absolute Gasteiger partial charge is 0.339 e. The summed E-state index contributed by atoms with van der Waals surface area (Å²) in [5.41, 5.74) is 3.09. The Balaban J connectivity index is 1.32. The number of esters is 1. The fraction of sp³-hybridized carbons (Fsp3) is 0.280. The molecule has 8 nitrogen and oxygen atoms in total. The number of aryl methyl sites for hydroxylation is 1. The number of pyridine rings is 2. The van der Waals surface area contributed by atoms with E-state index in [0.29, 0.717) is 22.9 Å². The SMILES string of the molecule is CCOC(=O)c1ccc(N2CCN(c3ccc(Cl)c(-c4nc5ccccc5n4C)n3)CC2)nc1. The second-order valence-electron chi connectivity index (χ2n) is 8.08. The summed E-state index contributed by atoms with van der Waals surface area (Å²) in [6, 6.07) is 15.5. The molecule has 0 spiro atoms. The van der Waals surface area contributed by atoms with Gasteiger partial charge in [-0.2, -0.15) is 0 Å². The van der Waals surface area contributed by atoms with E-state index in [1.54, 1.807) is 19.2 Å². The van der Waals surface area contributed by atoms with E-state index in [2.05, 4.69) is 14.8 Å². The van der Waals surface area contributed by atoms with E-state index in [4.69, 9.17) is 26.3 Å². The lowest BCUT2D eigenvalue weighted by Gasteiger charge is -2.36. The molecule has 4 heterocycles. The van der Waals surface area contributed by atoms with Crippen LogP contribution in [0.15, 0.2) is 54.7 Å². The molecule has 34 heavy (non-hydrogen) atoms. The first-order valence-electron chi connectivity index (χ1n) is 11.3. The molecule has 0 N–H and O–H groups in total. The summed E-state index contributed by atoms with van der Waals surface area (Å²) in [7, 11) is 1.98. The molecule has 1 saturated heterocycles. The summed E-state index contributed by atoms with van der Waals surface area (Å²) in [5, 5.41) is 0.576. The predicted octanol–water partition coefficient (Wildman–Crippen LogP) is 4.19. The van der Waals surface area contributed by atoms with E-state index in [0.717, 1.165) is 54.7 Å². The molecular formula is C25H25ClN6O2. The molecule has 0 unspecified atom stereocenters. The quantitative estimate of drug-likeness (QED) is 0.400. The van der Waals surface area contributed by atoms with E-state index in [-0.39, 0.29) is 5.97 Å². The molecule has 3 aromatic heterocycles. The number of benzene rings is 1. The number of carbonyl (C=O) groups is 1. The molecular weight excluding hydrogens is 452 g/mol. The van der Waals surface area contributed by atoms with Gasteiger partial charge >= 0.3 is 5.97 Å². The van der Waals surface area contributed by atoms with Crippen LogP contribution in [0.25, 0.3) is 22.6 Å². The monoisotopic (exact) mass is 476 g/mol. The summed E-state index contributed by atoms with van der Waals surface area (Å²) in [6.07, 6.45) is 1.57. The first-order chi connectivity index (χ1) is 16.5. The van der Waals surface area contributed by atoms with Gasteiger partial charge in [-0.15, -0.1) is 0 Å². The Labute approximate surface area is 202 Å². The van der Waals surface area contributed by atoms with Gasteiger partial charge in [-0.1, -0.05) is 23.7 Å². The standard InChI is InChI=1S/C25H25ClN6O2/c1-3-34-25(33)17-8-10-21(27-16-17)31-12-14-32(15-13-31)22-11-9-18(26)23(29-22)24-28-19-6-4-5-7-20(19)30(24)2/h4-11,16H,3,12-15H2,1-2H3. The van der Waals surface area contributed by atoms with E-state index in [9.17, 15) is 4.79 Å². The lowest BCUT2D eigenvalue weighted by atomic mass is 10.2. The maximum atomic E-state index is 11.9. The molecule has 4 aromatic rings. The highest BCUT2D eigenvalue weighted by molar-refractivity contribution is 6.33. The molecule has 1 aliphatic rings. The van der Waals surface area contributed by atoms with Gasteiger partial charge < -0.3 is 19.1 Å². The number of anilines is 2. The average molecular weight is 477 g/mol. The molecule has 1 aliphatic heterocycles. The van der Waals surface area contributed by atoms with Crippen LogP contribution in [0.1, 0.15) is 17.3 Å². The molecule has 5 rings (SSSR count). The van der Waals surface area contributed by atoms with Crippen LogP contribution in [0.5, 0.6) is 0 Å². The number of rotatable bonds is 5. The molecule has 1 aromatic carbocycles. The van der Waals surface area contributed by atoms with Gasteiger partial charge in [0.25, 0.3) is 0 Å². The number of imidazole rings is 1. The highest BCUT2D eigenvalue weighted by Crippen LogP contribution is 2.30. The molecule has 174 valence electrons. The third-order valence-electron chi connectivity index (χ3n) is 6.02. The molecule has 9 heteroatoms. The summed E-state index contributed by atoms with van der Waals surface area (Å²) < 4.78 is 7.05. The van der Waals surface area contributed by atoms with Crippen molar-refractivity contribution in [3.05, 3.63) is 65.3 Å². The molecule has 0 radical (unpaired) electrons. The molecule has 0 bridgehead atoms. The zero-order valence-electron chi connectivity index (χ0n) is 19.1. The van der Waals surface area contributed by atoms with Crippen molar-refractivity contribution >= 4 is 40.2 Å². The van der Waals surface area contributed by atoms with Gasteiger partial charge in [0.1, 0.15) is 17.3 Å². The lowest BCUT2D eigenvalue weighted by molar-refractivity contribution is 0.0526. The third-order valence-corrected chi connectivity index (χ3v) is 6.32. The summed E-state index contributed by atoms with van der Waals surface area (Å²) in [4.78, 5) is 30.4. The van der Waals surface area contributed by atoms with Crippen molar-refractivity contribution in [2.45, 2.75) is 6.92 Å². The van der Waals surface area contributed by atoms with Crippen molar-refractivity contribution in [1.29, 1.82) is 0 Å². The topological polar surface area (TPSA) is 76.4 Å². The average Bonchev–Trinajstić information content (AvgIpc) is 3.21. The van der Waals surface area contributed by atoms with Crippen LogP contribution in [-0.4, -0.2) is 58.3 Å². The van der Waals surface area contributed by atoms with E-state index >= 15 is 0 Å². The lowest BCUT2D eigenvalue weighted by Crippen LogP contribution is -2.47.